The lowest BCUT2D eigenvalue weighted by atomic mass is 10.2. The van der Waals surface area contributed by atoms with E-state index in [-0.39, 0.29) is 0 Å². The van der Waals surface area contributed by atoms with Crippen molar-refractivity contribution in [3.63, 3.8) is 0 Å². The van der Waals surface area contributed by atoms with E-state index in [4.69, 9.17) is 0 Å². The highest BCUT2D eigenvalue weighted by atomic mass is 79.9. The van der Waals surface area contributed by atoms with E-state index in [0.717, 1.165) is 20.3 Å². The van der Waals surface area contributed by atoms with Crippen LogP contribution in [-0.2, 0) is 6.54 Å². The molecule has 86 valence electrons. The Kier molecular flexibility index (Phi) is 3.94. The molecule has 0 fully saturated rings. The molecule has 0 unspecified atom stereocenters. The quantitative estimate of drug-likeness (QED) is 0.367. The number of benzene rings is 2. The molecule has 0 saturated carbocycles. The molecule has 2 rings (SSSR count). The van der Waals surface area contributed by atoms with Crippen molar-refractivity contribution in [1.29, 1.82) is 0 Å². The van der Waals surface area contributed by atoms with Gasteiger partial charge in [0.1, 0.15) is 0 Å². The van der Waals surface area contributed by atoms with Gasteiger partial charge in [0.05, 0.1) is 0 Å². The number of halogens is 1. The fraction of sp³-hybridized carbons (Fsp3) is 0.0714. The maximum absolute atomic E-state index is 11.7. The first kappa shape index (κ1) is 11.9. The molecule has 0 aromatic heterocycles. The topological polar surface area (TPSA) is 26.1 Å². The van der Waals surface area contributed by atoms with Crippen molar-refractivity contribution < 1.29 is 4.74 Å². The number of hydroxylamine groups is 1. The standard InChI is InChI=1S/C14H12BrNO/c15-14-8-6-13(7-9-14)11-16(17)10-12-4-2-1-3-5-12/h1-9,11H,10H2/b16-11+. The van der Waals surface area contributed by atoms with Gasteiger partial charge in [-0.25, -0.2) is 4.74 Å². The first-order valence-corrected chi connectivity index (χ1v) is 6.11. The van der Waals surface area contributed by atoms with Crippen LogP contribution in [0.25, 0.3) is 0 Å². The van der Waals surface area contributed by atoms with Crippen LogP contribution in [0.2, 0.25) is 0 Å². The second kappa shape index (κ2) is 5.64. The van der Waals surface area contributed by atoms with E-state index < -0.39 is 0 Å². The average molecular weight is 290 g/mol. The lowest BCUT2D eigenvalue weighted by Crippen LogP contribution is -2.05. The molecule has 17 heavy (non-hydrogen) atoms. The molecule has 3 heteroatoms. The van der Waals surface area contributed by atoms with Gasteiger partial charge in [-0.05, 0) is 24.3 Å². The zero-order valence-electron chi connectivity index (χ0n) is 9.21. The molecule has 0 aliphatic heterocycles. The Morgan fingerprint density at radius 3 is 2.29 bits per heavy atom. The zero-order chi connectivity index (χ0) is 12.1. The van der Waals surface area contributed by atoms with Crippen molar-refractivity contribution >= 4 is 22.1 Å². The number of hydrogen-bond acceptors (Lipinski definition) is 1. The first-order valence-electron chi connectivity index (χ1n) is 5.32. The molecule has 0 atom stereocenters. The van der Waals surface area contributed by atoms with Crippen LogP contribution in [0.1, 0.15) is 11.1 Å². The Balaban J connectivity index is 2.09. The molecule has 2 aromatic rings. The van der Waals surface area contributed by atoms with Gasteiger partial charge in [0, 0.05) is 15.6 Å². The van der Waals surface area contributed by atoms with Crippen LogP contribution in [-0.4, -0.2) is 11.0 Å². The average Bonchev–Trinajstić information content (AvgIpc) is 2.33. The van der Waals surface area contributed by atoms with E-state index in [1.807, 2.05) is 54.6 Å². The molecule has 0 aliphatic carbocycles. The molecule has 0 bridgehead atoms. The zero-order valence-corrected chi connectivity index (χ0v) is 10.8. The van der Waals surface area contributed by atoms with Gasteiger partial charge >= 0.3 is 0 Å². The predicted molar refractivity (Wildman–Crippen MR) is 73.1 cm³/mol. The van der Waals surface area contributed by atoms with E-state index in [2.05, 4.69) is 15.9 Å². The Morgan fingerprint density at radius 2 is 1.65 bits per heavy atom. The lowest BCUT2D eigenvalue weighted by Gasteiger charge is -2.04. The maximum atomic E-state index is 11.7. The van der Waals surface area contributed by atoms with Gasteiger partial charge in [0.2, 0.25) is 0 Å². The third kappa shape index (κ3) is 3.71. The van der Waals surface area contributed by atoms with Gasteiger partial charge in [0.15, 0.2) is 12.8 Å². The second-order valence-electron chi connectivity index (χ2n) is 3.74. The largest absolute Gasteiger partial charge is 0.624 e. The minimum absolute atomic E-state index is 0.372. The van der Waals surface area contributed by atoms with Crippen molar-refractivity contribution in [2.45, 2.75) is 6.54 Å². The van der Waals surface area contributed by atoms with Crippen LogP contribution < -0.4 is 0 Å². The fourth-order valence-corrected chi connectivity index (χ4v) is 1.79. The molecule has 2 aromatic carbocycles. The summed E-state index contributed by atoms with van der Waals surface area (Å²) >= 11 is 3.36. The summed E-state index contributed by atoms with van der Waals surface area (Å²) in [7, 11) is 0. The maximum Gasteiger partial charge on any atom is 0.182 e. The molecule has 0 N–H and O–H groups in total. The predicted octanol–water partition coefficient (Wildman–Crippen LogP) is 3.58. The van der Waals surface area contributed by atoms with Crippen molar-refractivity contribution in [2.75, 3.05) is 0 Å². The molecule has 0 amide bonds. The van der Waals surface area contributed by atoms with Crippen molar-refractivity contribution in [2.24, 2.45) is 0 Å². The Bertz CT molecular complexity index is 506. The van der Waals surface area contributed by atoms with Crippen LogP contribution in [0.3, 0.4) is 0 Å². The monoisotopic (exact) mass is 289 g/mol. The third-order valence-electron chi connectivity index (χ3n) is 2.34. The minimum atomic E-state index is 0.372. The van der Waals surface area contributed by atoms with Crippen LogP contribution in [0, 0.1) is 5.21 Å². The summed E-state index contributed by atoms with van der Waals surface area (Å²) in [5, 5.41) is 11.7. The highest BCUT2D eigenvalue weighted by Crippen LogP contribution is 2.09. The summed E-state index contributed by atoms with van der Waals surface area (Å²) in [5.41, 5.74) is 1.91. The molecular formula is C14H12BrNO. The summed E-state index contributed by atoms with van der Waals surface area (Å²) in [6, 6.07) is 17.3. The van der Waals surface area contributed by atoms with Gasteiger partial charge < -0.3 is 5.21 Å². The highest BCUT2D eigenvalue weighted by molar-refractivity contribution is 9.10. The fourth-order valence-electron chi connectivity index (χ4n) is 1.52. The van der Waals surface area contributed by atoms with Gasteiger partial charge in [-0.15, -0.1) is 0 Å². The Morgan fingerprint density at radius 1 is 1.00 bits per heavy atom. The van der Waals surface area contributed by atoms with Gasteiger partial charge in [-0.3, -0.25) is 0 Å². The number of nitrogens with zero attached hydrogens (tertiary/aromatic N) is 1. The normalized spacial score (nSPS) is 11.5. The van der Waals surface area contributed by atoms with E-state index in [1.165, 1.54) is 0 Å². The SMILES string of the molecule is [O-]/[N+](=C/c1ccc(Br)cc1)Cc1ccccc1. The smallest absolute Gasteiger partial charge is 0.182 e. The summed E-state index contributed by atoms with van der Waals surface area (Å²) in [6.45, 7) is 0.372. The lowest BCUT2D eigenvalue weighted by molar-refractivity contribution is -0.469. The van der Waals surface area contributed by atoms with Crippen molar-refractivity contribution in [1.82, 2.24) is 0 Å². The third-order valence-corrected chi connectivity index (χ3v) is 2.87. The van der Waals surface area contributed by atoms with Crippen LogP contribution in [0.15, 0.2) is 59.1 Å². The van der Waals surface area contributed by atoms with Gasteiger partial charge in [0.25, 0.3) is 0 Å². The van der Waals surface area contributed by atoms with E-state index in [1.54, 1.807) is 6.21 Å². The van der Waals surface area contributed by atoms with E-state index >= 15 is 0 Å². The molecule has 0 heterocycles. The second-order valence-corrected chi connectivity index (χ2v) is 4.66. The number of hydrogen-bond donors (Lipinski definition) is 0. The highest BCUT2D eigenvalue weighted by Gasteiger charge is 1.98. The molecule has 2 nitrogen and oxygen atoms in total. The number of rotatable bonds is 3. The summed E-state index contributed by atoms with van der Waals surface area (Å²) in [6.07, 6.45) is 1.60. The molecule has 0 aliphatic rings. The summed E-state index contributed by atoms with van der Waals surface area (Å²) < 4.78 is 1.95. The molecule has 0 spiro atoms. The minimum Gasteiger partial charge on any atom is -0.624 e. The van der Waals surface area contributed by atoms with Crippen molar-refractivity contribution in [3.05, 3.63) is 75.4 Å². The van der Waals surface area contributed by atoms with Crippen molar-refractivity contribution in [3.8, 4) is 0 Å². The first-order chi connectivity index (χ1) is 8.24. The van der Waals surface area contributed by atoms with Gasteiger partial charge in [-0.1, -0.05) is 46.3 Å². The van der Waals surface area contributed by atoms with Crippen LogP contribution in [0.4, 0.5) is 0 Å². The van der Waals surface area contributed by atoms with Crippen LogP contribution in [0.5, 0.6) is 0 Å². The van der Waals surface area contributed by atoms with E-state index in [9.17, 15) is 5.21 Å². The summed E-state index contributed by atoms with van der Waals surface area (Å²) in [5.74, 6) is 0. The van der Waals surface area contributed by atoms with E-state index in [0.29, 0.717) is 6.54 Å². The van der Waals surface area contributed by atoms with Gasteiger partial charge in [-0.2, -0.15) is 0 Å². The molecular weight excluding hydrogens is 278 g/mol. The Hall–Kier alpha value is -1.61. The molecule has 0 saturated heterocycles. The summed E-state index contributed by atoms with van der Waals surface area (Å²) in [4.78, 5) is 0. The van der Waals surface area contributed by atoms with Crippen LogP contribution >= 0.6 is 15.9 Å². The molecule has 0 radical (unpaired) electrons. The Labute approximate surface area is 109 Å².